The molecule has 2 atom stereocenters. The molecule has 1 aliphatic heterocycles. The zero-order chi connectivity index (χ0) is 14.6. The Bertz CT molecular complexity index is 399. The van der Waals surface area contributed by atoms with E-state index >= 15 is 0 Å². The highest BCUT2D eigenvalue weighted by atomic mass is 15.3. The van der Waals surface area contributed by atoms with Gasteiger partial charge in [-0.15, -0.1) is 0 Å². The van der Waals surface area contributed by atoms with Gasteiger partial charge in [0.25, 0.3) is 0 Å². The Hall–Kier alpha value is -0.860. The molecule has 0 bridgehead atoms. The highest BCUT2D eigenvalue weighted by molar-refractivity contribution is 5.21. The van der Waals surface area contributed by atoms with Gasteiger partial charge in [-0.25, -0.2) is 0 Å². The quantitative estimate of drug-likeness (QED) is 0.873. The minimum absolute atomic E-state index is 0.258. The number of piperazine rings is 1. The molecule has 1 aliphatic rings. The van der Waals surface area contributed by atoms with Crippen LogP contribution in [0, 0.1) is 0 Å². The van der Waals surface area contributed by atoms with E-state index in [1.807, 2.05) is 0 Å². The van der Waals surface area contributed by atoms with Crippen molar-refractivity contribution in [2.75, 3.05) is 13.1 Å². The van der Waals surface area contributed by atoms with E-state index in [1.165, 1.54) is 24.8 Å². The first kappa shape index (κ1) is 15.5. The molecule has 1 aromatic carbocycles. The first-order chi connectivity index (χ1) is 9.63. The predicted octanol–water partition coefficient (Wildman–Crippen LogP) is 3.99. The lowest BCUT2D eigenvalue weighted by atomic mass is 9.89. The second-order valence-corrected chi connectivity index (χ2v) is 6.36. The first-order valence-corrected chi connectivity index (χ1v) is 8.19. The standard InChI is InChI=1S/C18H30N2/c1-5-16(6-2)20-14-18(4,7-3)19-13-17(20)15-11-9-8-10-12-15/h8-12,16-17,19H,5-7,13-14H2,1-4H3. The van der Waals surface area contributed by atoms with E-state index in [-0.39, 0.29) is 5.54 Å². The van der Waals surface area contributed by atoms with Crippen molar-refractivity contribution < 1.29 is 0 Å². The van der Waals surface area contributed by atoms with Crippen molar-refractivity contribution in [2.45, 2.75) is 64.6 Å². The van der Waals surface area contributed by atoms with Crippen LogP contribution in [-0.4, -0.2) is 29.6 Å². The molecule has 2 rings (SSSR count). The fourth-order valence-corrected chi connectivity index (χ4v) is 3.39. The van der Waals surface area contributed by atoms with Gasteiger partial charge < -0.3 is 5.32 Å². The number of benzene rings is 1. The van der Waals surface area contributed by atoms with E-state index in [1.54, 1.807) is 0 Å². The van der Waals surface area contributed by atoms with E-state index in [0.29, 0.717) is 12.1 Å². The third kappa shape index (κ3) is 3.24. The molecule has 0 amide bonds. The van der Waals surface area contributed by atoms with Crippen molar-refractivity contribution >= 4 is 0 Å². The zero-order valence-corrected chi connectivity index (χ0v) is 13.5. The molecule has 1 N–H and O–H groups in total. The van der Waals surface area contributed by atoms with Gasteiger partial charge in [-0.05, 0) is 31.7 Å². The lowest BCUT2D eigenvalue weighted by Gasteiger charge is -2.49. The molecular weight excluding hydrogens is 244 g/mol. The zero-order valence-electron chi connectivity index (χ0n) is 13.5. The minimum atomic E-state index is 0.258. The summed E-state index contributed by atoms with van der Waals surface area (Å²) in [5.74, 6) is 0. The van der Waals surface area contributed by atoms with Crippen molar-refractivity contribution in [3.8, 4) is 0 Å². The molecule has 1 saturated heterocycles. The van der Waals surface area contributed by atoms with Gasteiger partial charge in [0, 0.05) is 30.7 Å². The number of hydrogen-bond acceptors (Lipinski definition) is 2. The Morgan fingerprint density at radius 1 is 1.20 bits per heavy atom. The van der Waals surface area contributed by atoms with Crippen LogP contribution in [-0.2, 0) is 0 Å². The summed E-state index contributed by atoms with van der Waals surface area (Å²) in [6, 6.07) is 12.2. The molecule has 1 fully saturated rings. The van der Waals surface area contributed by atoms with Gasteiger partial charge in [0.05, 0.1) is 0 Å². The normalized spacial score (nSPS) is 27.9. The molecule has 1 heterocycles. The molecule has 0 radical (unpaired) electrons. The molecule has 20 heavy (non-hydrogen) atoms. The van der Waals surface area contributed by atoms with Gasteiger partial charge in [0.15, 0.2) is 0 Å². The van der Waals surface area contributed by atoms with Gasteiger partial charge >= 0.3 is 0 Å². The van der Waals surface area contributed by atoms with E-state index in [2.05, 4.69) is 68.2 Å². The molecule has 0 spiro atoms. The van der Waals surface area contributed by atoms with Crippen LogP contribution in [0.4, 0.5) is 0 Å². The van der Waals surface area contributed by atoms with Gasteiger partial charge in [0.1, 0.15) is 0 Å². The van der Waals surface area contributed by atoms with Gasteiger partial charge in [-0.2, -0.15) is 0 Å². The van der Waals surface area contributed by atoms with Crippen molar-refractivity contribution in [3.05, 3.63) is 35.9 Å². The van der Waals surface area contributed by atoms with Crippen LogP contribution in [0.2, 0.25) is 0 Å². The number of nitrogens with zero attached hydrogens (tertiary/aromatic N) is 1. The first-order valence-electron chi connectivity index (χ1n) is 8.19. The average Bonchev–Trinajstić information content (AvgIpc) is 2.50. The molecule has 2 unspecified atom stereocenters. The average molecular weight is 274 g/mol. The number of nitrogens with one attached hydrogen (secondary N) is 1. The third-order valence-electron chi connectivity index (χ3n) is 5.03. The van der Waals surface area contributed by atoms with Crippen LogP contribution >= 0.6 is 0 Å². The molecule has 0 aromatic heterocycles. The van der Waals surface area contributed by atoms with Crippen molar-refractivity contribution in [3.63, 3.8) is 0 Å². The Morgan fingerprint density at radius 2 is 1.85 bits per heavy atom. The maximum Gasteiger partial charge on any atom is 0.0476 e. The topological polar surface area (TPSA) is 15.3 Å². The second kappa shape index (κ2) is 6.73. The molecular formula is C18H30N2. The summed E-state index contributed by atoms with van der Waals surface area (Å²) in [6.07, 6.45) is 3.66. The molecule has 2 heteroatoms. The summed E-state index contributed by atoms with van der Waals surface area (Å²) in [5, 5.41) is 3.79. The summed E-state index contributed by atoms with van der Waals surface area (Å²) in [5.41, 5.74) is 1.71. The lowest BCUT2D eigenvalue weighted by Crippen LogP contribution is -2.61. The minimum Gasteiger partial charge on any atom is -0.308 e. The molecule has 1 aromatic rings. The van der Waals surface area contributed by atoms with Crippen molar-refractivity contribution in [2.24, 2.45) is 0 Å². The van der Waals surface area contributed by atoms with E-state index in [4.69, 9.17) is 0 Å². The Labute approximate surface area is 124 Å². The number of hydrogen-bond donors (Lipinski definition) is 1. The molecule has 112 valence electrons. The lowest BCUT2D eigenvalue weighted by molar-refractivity contribution is 0.0414. The summed E-state index contributed by atoms with van der Waals surface area (Å²) >= 11 is 0. The molecule has 0 aliphatic carbocycles. The summed E-state index contributed by atoms with van der Waals surface area (Å²) < 4.78 is 0. The largest absolute Gasteiger partial charge is 0.308 e. The maximum absolute atomic E-state index is 3.79. The monoisotopic (exact) mass is 274 g/mol. The Kier molecular flexibility index (Phi) is 5.22. The van der Waals surface area contributed by atoms with Crippen LogP contribution in [0.15, 0.2) is 30.3 Å². The van der Waals surface area contributed by atoms with Crippen molar-refractivity contribution in [1.82, 2.24) is 10.2 Å². The SMILES string of the molecule is CCC(CC)N1CC(C)(CC)NCC1c1ccccc1. The summed E-state index contributed by atoms with van der Waals surface area (Å²) in [6.45, 7) is 11.5. The summed E-state index contributed by atoms with van der Waals surface area (Å²) in [7, 11) is 0. The van der Waals surface area contributed by atoms with Gasteiger partial charge in [-0.1, -0.05) is 51.1 Å². The highest BCUT2D eigenvalue weighted by Crippen LogP contribution is 2.31. The third-order valence-corrected chi connectivity index (χ3v) is 5.03. The van der Waals surface area contributed by atoms with Crippen molar-refractivity contribution in [1.29, 1.82) is 0 Å². The fraction of sp³-hybridized carbons (Fsp3) is 0.667. The van der Waals surface area contributed by atoms with Crippen LogP contribution < -0.4 is 5.32 Å². The Morgan fingerprint density at radius 3 is 2.40 bits per heavy atom. The fourth-order valence-electron chi connectivity index (χ4n) is 3.39. The molecule has 2 nitrogen and oxygen atoms in total. The van der Waals surface area contributed by atoms with Crippen LogP contribution in [0.25, 0.3) is 0 Å². The second-order valence-electron chi connectivity index (χ2n) is 6.36. The van der Waals surface area contributed by atoms with E-state index in [9.17, 15) is 0 Å². The van der Waals surface area contributed by atoms with Crippen LogP contribution in [0.1, 0.15) is 58.6 Å². The molecule has 0 saturated carbocycles. The highest BCUT2D eigenvalue weighted by Gasteiger charge is 2.37. The maximum atomic E-state index is 3.79. The van der Waals surface area contributed by atoms with E-state index < -0.39 is 0 Å². The summed E-state index contributed by atoms with van der Waals surface area (Å²) in [4.78, 5) is 2.75. The smallest absolute Gasteiger partial charge is 0.0476 e. The van der Waals surface area contributed by atoms with Crippen LogP contribution in [0.3, 0.4) is 0 Å². The van der Waals surface area contributed by atoms with Crippen LogP contribution in [0.5, 0.6) is 0 Å². The van der Waals surface area contributed by atoms with Gasteiger partial charge in [0.2, 0.25) is 0 Å². The Balaban J connectivity index is 2.26. The predicted molar refractivity (Wildman–Crippen MR) is 87.0 cm³/mol. The number of rotatable bonds is 5. The van der Waals surface area contributed by atoms with Gasteiger partial charge in [-0.3, -0.25) is 4.90 Å². The van der Waals surface area contributed by atoms with E-state index in [0.717, 1.165) is 13.1 Å².